The van der Waals surface area contributed by atoms with Crippen molar-refractivity contribution in [1.82, 2.24) is 19.9 Å². The van der Waals surface area contributed by atoms with Crippen LogP contribution >= 0.6 is 34.3 Å². The van der Waals surface area contributed by atoms with Crippen LogP contribution in [0.1, 0.15) is 24.8 Å². The quantitative estimate of drug-likeness (QED) is 0.367. The summed E-state index contributed by atoms with van der Waals surface area (Å²) in [5.74, 6) is 1.72. The SMILES string of the molecule is CC(=O)Nc1nc2c(Oc3cc(N4CCN(C(C)c5ccc(Cl)s5)CC4)ncn3)cccc2s1. The van der Waals surface area contributed by atoms with Gasteiger partial charge in [-0.05, 0) is 31.2 Å². The number of carbonyl (C=O) groups is 1. The number of piperazine rings is 1. The van der Waals surface area contributed by atoms with Gasteiger partial charge in [0.2, 0.25) is 11.8 Å². The van der Waals surface area contributed by atoms with Crippen molar-refractivity contribution in [1.29, 1.82) is 0 Å². The van der Waals surface area contributed by atoms with Crippen molar-refractivity contribution >= 4 is 61.3 Å². The largest absolute Gasteiger partial charge is 0.437 e. The zero-order valence-corrected chi connectivity index (χ0v) is 21.1. The summed E-state index contributed by atoms with van der Waals surface area (Å²) in [6.45, 7) is 7.28. The number of thiazole rings is 1. The van der Waals surface area contributed by atoms with E-state index in [4.69, 9.17) is 16.3 Å². The predicted molar refractivity (Wildman–Crippen MR) is 138 cm³/mol. The number of para-hydroxylation sites is 1. The van der Waals surface area contributed by atoms with Gasteiger partial charge in [-0.2, -0.15) is 0 Å². The molecule has 1 aromatic carbocycles. The number of ether oxygens (including phenoxy) is 1. The molecule has 176 valence electrons. The van der Waals surface area contributed by atoms with Gasteiger partial charge >= 0.3 is 0 Å². The normalized spacial score (nSPS) is 15.4. The lowest BCUT2D eigenvalue weighted by Gasteiger charge is -2.38. The molecule has 1 amide bonds. The van der Waals surface area contributed by atoms with Gasteiger partial charge in [0.15, 0.2) is 10.9 Å². The first-order valence-electron chi connectivity index (χ1n) is 10.9. The van der Waals surface area contributed by atoms with Gasteiger partial charge in [-0.1, -0.05) is 29.0 Å². The maximum Gasteiger partial charge on any atom is 0.224 e. The van der Waals surface area contributed by atoms with Gasteiger partial charge in [0.05, 0.1) is 9.04 Å². The Hall–Kier alpha value is -2.79. The fourth-order valence-corrected chi connectivity index (χ4v) is 6.03. The molecule has 1 saturated heterocycles. The zero-order chi connectivity index (χ0) is 23.7. The molecule has 0 bridgehead atoms. The van der Waals surface area contributed by atoms with Crippen molar-refractivity contribution in [2.75, 3.05) is 36.4 Å². The Balaban J connectivity index is 1.27. The molecule has 1 unspecified atom stereocenters. The van der Waals surface area contributed by atoms with Crippen LogP contribution in [0.4, 0.5) is 10.9 Å². The first-order chi connectivity index (χ1) is 16.5. The molecule has 0 radical (unpaired) electrons. The Kier molecular flexibility index (Phi) is 6.64. The third-order valence-corrected chi connectivity index (χ3v) is 8.04. The highest BCUT2D eigenvalue weighted by molar-refractivity contribution is 7.22. The number of thiophene rings is 1. The number of hydrogen-bond acceptors (Lipinski definition) is 9. The summed E-state index contributed by atoms with van der Waals surface area (Å²) in [6, 6.07) is 12.0. The molecule has 1 fully saturated rings. The van der Waals surface area contributed by atoms with Crippen LogP contribution in [0.15, 0.2) is 42.7 Å². The average molecular weight is 515 g/mol. The number of benzene rings is 1. The van der Waals surface area contributed by atoms with E-state index in [0.29, 0.717) is 28.3 Å². The molecule has 3 aromatic heterocycles. The molecule has 8 nitrogen and oxygen atoms in total. The molecule has 0 aliphatic carbocycles. The van der Waals surface area contributed by atoms with Gasteiger partial charge in [-0.25, -0.2) is 15.0 Å². The van der Waals surface area contributed by atoms with Crippen LogP contribution in [0.5, 0.6) is 11.6 Å². The second-order valence-electron chi connectivity index (χ2n) is 7.96. The summed E-state index contributed by atoms with van der Waals surface area (Å²) in [5.41, 5.74) is 0.688. The topological polar surface area (TPSA) is 83.5 Å². The van der Waals surface area contributed by atoms with Crippen LogP contribution < -0.4 is 15.0 Å². The summed E-state index contributed by atoms with van der Waals surface area (Å²) in [6.07, 6.45) is 1.53. The first kappa shape index (κ1) is 23.0. The van der Waals surface area contributed by atoms with E-state index in [1.807, 2.05) is 30.3 Å². The van der Waals surface area contributed by atoms with E-state index < -0.39 is 0 Å². The molecular weight excluding hydrogens is 492 g/mol. The molecule has 1 atom stereocenters. The second-order valence-corrected chi connectivity index (χ2v) is 10.7. The Labute approximate surface area is 210 Å². The third-order valence-electron chi connectivity index (χ3n) is 5.70. The van der Waals surface area contributed by atoms with E-state index in [2.05, 4.69) is 43.1 Å². The van der Waals surface area contributed by atoms with Crippen molar-refractivity contribution in [3.8, 4) is 11.6 Å². The van der Waals surface area contributed by atoms with Crippen LogP contribution in [0, 0.1) is 0 Å². The lowest BCUT2D eigenvalue weighted by Crippen LogP contribution is -2.47. The number of nitrogens with zero attached hydrogens (tertiary/aromatic N) is 5. The van der Waals surface area contributed by atoms with Gasteiger partial charge in [-0.3, -0.25) is 9.69 Å². The number of rotatable bonds is 6. The predicted octanol–water partition coefficient (Wildman–Crippen LogP) is 5.44. The number of aromatic nitrogens is 3. The maximum absolute atomic E-state index is 11.4. The van der Waals surface area contributed by atoms with E-state index >= 15 is 0 Å². The first-order valence-corrected chi connectivity index (χ1v) is 12.9. The highest BCUT2D eigenvalue weighted by Gasteiger charge is 2.24. The minimum atomic E-state index is -0.157. The van der Waals surface area contributed by atoms with Crippen molar-refractivity contribution in [2.24, 2.45) is 0 Å². The van der Waals surface area contributed by atoms with Gasteiger partial charge in [-0.15, -0.1) is 11.3 Å². The number of hydrogen-bond donors (Lipinski definition) is 1. The molecule has 0 spiro atoms. The summed E-state index contributed by atoms with van der Waals surface area (Å²) < 4.78 is 7.84. The fourth-order valence-electron chi connectivity index (χ4n) is 3.95. The molecule has 4 aromatic rings. The van der Waals surface area contributed by atoms with E-state index in [1.165, 1.54) is 29.5 Å². The third kappa shape index (κ3) is 5.00. The highest BCUT2D eigenvalue weighted by atomic mass is 35.5. The molecule has 11 heteroatoms. The maximum atomic E-state index is 11.4. The van der Waals surface area contributed by atoms with Crippen LogP contribution in [0.2, 0.25) is 4.34 Å². The standard InChI is InChI=1S/C23H23ClN6O2S2/c1-14(17-6-7-19(24)33-17)29-8-10-30(11-9-29)20-12-21(26-13-25-20)32-16-4-3-5-18-22(16)28-23(34-18)27-15(2)31/h3-7,12-14H,8-11H2,1-2H3,(H,27,28,31). The van der Waals surface area contributed by atoms with E-state index in [-0.39, 0.29) is 5.91 Å². The molecular formula is C23H23ClN6O2S2. The Bertz CT molecular complexity index is 1320. The molecule has 0 saturated carbocycles. The van der Waals surface area contributed by atoms with Gasteiger partial charge < -0.3 is 15.0 Å². The van der Waals surface area contributed by atoms with Crippen LogP contribution in [0.25, 0.3) is 10.2 Å². The number of halogens is 1. The Morgan fingerprint density at radius 3 is 2.71 bits per heavy atom. The molecule has 34 heavy (non-hydrogen) atoms. The Morgan fingerprint density at radius 2 is 1.97 bits per heavy atom. The van der Waals surface area contributed by atoms with E-state index in [1.54, 1.807) is 11.3 Å². The molecule has 4 heterocycles. The van der Waals surface area contributed by atoms with Gasteiger partial charge in [0.1, 0.15) is 17.7 Å². The average Bonchev–Trinajstić information content (AvgIpc) is 3.45. The van der Waals surface area contributed by atoms with Crippen LogP contribution in [-0.4, -0.2) is 51.9 Å². The second kappa shape index (κ2) is 9.83. The number of fused-ring (bicyclic) bond motifs is 1. The summed E-state index contributed by atoms with van der Waals surface area (Å²) in [5, 5.41) is 3.27. The molecule has 5 rings (SSSR count). The van der Waals surface area contributed by atoms with Crippen molar-refractivity contribution in [3.63, 3.8) is 0 Å². The lowest BCUT2D eigenvalue weighted by atomic mass is 10.2. The van der Waals surface area contributed by atoms with Crippen molar-refractivity contribution < 1.29 is 9.53 Å². The molecule has 1 N–H and O–H groups in total. The summed E-state index contributed by atoms with van der Waals surface area (Å²) >= 11 is 9.16. The van der Waals surface area contributed by atoms with Gasteiger partial charge in [0.25, 0.3) is 0 Å². The molecule has 1 aliphatic heterocycles. The zero-order valence-electron chi connectivity index (χ0n) is 18.7. The fraction of sp³-hybridized carbons (Fsp3) is 0.304. The van der Waals surface area contributed by atoms with Gasteiger partial charge in [0, 0.05) is 50.1 Å². The van der Waals surface area contributed by atoms with Crippen molar-refractivity contribution in [2.45, 2.75) is 19.9 Å². The van der Waals surface area contributed by atoms with Crippen LogP contribution in [-0.2, 0) is 4.79 Å². The highest BCUT2D eigenvalue weighted by Crippen LogP contribution is 2.35. The van der Waals surface area contributed by atoms with E-state index in [0.717, 1.165) is 41.0 Å². The summed E-state index contributed by atoms with van der Waals surface area (Å²) in [7, 11) is 0. The minimum absolute atomic E-state index is 0.157. The van der Waals surface area contributed by atoms with E-state index in [9.17, 15) is 4.79 Å². The minimum Gasteiger partial charge on any atom is -0.437 e. The number of nitrogens with one attached hydrogen (secondary N) is 1. The van der Waals surface area contributed by atoms with Crippen LogP contribution in [0.3, 0.4) is 0 Å². The smallest absolute Gasteiger partial charge is 0.224 e. The number of anilines is 2. The Morgan fingerprint density at radius 1 is 1.15 bits per heavy atom. The molecule has 1 aliphatic rings. The number of amides is 1. The monoisotopic (exact) mass is 514 g/mol. The van der Waals surface area contributed by atoms with Crippen molar-refractivity contribution in [3.05, 3.63) is 51.9 Å². The lowest BCUT2D eigenvalue weighted by molar-refractivity contribution is -0.114. The summed E-state index contributed by atoms with van der Waals surface area (Å²) in [4.78, 5) is 30.7. The number of carbonyl (C=O) groups excluding carboxylic acids is 1.